The molecule has 26 heavy (non-hydrogen) atoms. The number of hydrogen-bond donors (Lipinski definition) is 0. The fourth-order valence-corrected chi connectivity index (χ4v) is 3.60. The van der Waals surface area contributed by atoms with E-state index in [4.69, 9.17) is 0 Å². The standard InChI is InChI=1S/C24H23NO/c1-4-24(2,3)25-16-21(19-13-7-8-15-22(19)25)23(26)20-14-9-11-17-10-5-6-12-18(17)20/h5-16H,4H2,1-3H3. The maximum Gasteiger partial charge on any atom is 0.195 e. The van der Waals surface area contributed by atoms with Gasteiger partial charge in [-0.15, -0.1) is 0 Å². The lowest BCUT2D eigenvalue weighted by Gasteiger charge is -2.26. The minimum atomic E-state index is -0.0448. The lowest BCUT2D eigenvalue weighted by atomic mass is 9.97. The zero-order valence-corrected chi connectivity index (χ0v) is 15.5. The maximum atomic E-state index is 13.5. The summed E-state index contributed by atoms with van der Waals surface area (Å²) in [6.45, 7) is 6.61. The molecule has 2 heteroatoms. The van der Waals surface area contributed by atoms with E-state index in [1.54, 1.807) is 0 Å². The highest BCUT2D eigenvalue weighted by molar-refractivity contribution is 6.21. The molecule has 0 radical (unpaired) electrons. The van der Waals surface area contributed by atoms with E-state index in [9.17, 15) is 4.79 Å². The predicted octanol–water partition coefficient (Wildman–Crippen LogP) is 6.17. The molecule has 0 aliphatic carbocycles. The van der Waals surface area contributed by atoms with Crippen LogP contribution in [0.2, 0.25) is 0 Å². The van der Waals surface area contributed by atoms with Crippen molar-refractivity contribution in [3.63, 3.8) is 0 Å². The fourth-order valence-electron chi connectivity index (χ4n) is 3.60. The molecule has 1 heterocycles. The molecule has 1 aromatic heterocycles. The topological polar surface area (TPSA) is 22.0 Å². The van der Waals surface area contributed by atoms with Crippen LogP contribution in [0.3, 0.4) is 0 Å². The van der Waals surface area contributed by atoms with Gasteiger partial charge in [-0.2, -0.15) is 0 Å². The van der Waals surface area contributed by atoms with E-state index in [-0.39, 0.29) is 11.3 Å². The van der Waals surface area contributed by atoms with E-state index in [1.165, 1.54) is 0 Å². The Labute approximate surface area is 154 Å². The number of ketones is 1. The highest BCUT2D eigenvalue weighted by Crippen LogP contribution is 2.32. The first kappa shape index (κ1) is 16.6. The lowest BCUT2D eigenvalue weighted by Crippen LogP contribution is -2.24. The summed E-state index contributed by atoms with van der Waals surface area (Å²) in [7, 11) is 0. The molecule has 4 rings (SSSR count). The first-order valence-electron chi connectivity index (χ1n) is 9.16. The summed E-state index contributed by atoms with van der Waals surface area (Å²) < 4.78 is 2.25. The van der Waals surface area contributed by atoms with E-state index < -0.39 is 0 Å². The van der Waals surface area contributed by atoms with Crippen LogP contribution in [-0.4, -0.2) is 10.4 Å². The lowest BCUT2D eigenvalue weighted by molar-refractivity contribution is 0.104. The Kier molecular flexibility index (Phi) is 3.91. The van der Waals surface area contributed by atoms with Crippen LogP contribution in [0.4, 0.5) is 0 Å². The minimum absolute atomic E-state index is 0.0448. The average molecular weight is 341 g/mol. The molecule has 4 aromatic rings. The summed E-state index contributed by atoms with van der Waals surface area (Å²) >= 11 is 0. The number of rotatable bonds is 4. The molecule has 0 fully saturated rings. The molecule has 0 aliphatic rings. The van der Waals surface area contributed by atoms with Crippen LogP contribution in [0.1, 0.15) is 43.1 Å². The SMILES string of the molecule is CCC(C)(C)n1cc(C(=O)c2cccc3ccccc23)c2ccccc21. The number of nitrogens with zero attached hydrogens (tertiary/aromatic N) is 1. The summed E-state index contributed by atoms with van der Waals surface area (Å²) in [6, 6.07) is 22.2. The van der Waals surface area contributed by atoms with Gasteiger partial charge in [0.05, 0.1) is 0 Å². The van der Waals surface area contributed by atoms with Crippen molar-refractivity contribution in [2.24, 2.45) is 0 Å². The van der Waals surface area contributed by atoms with Gasteiger partial charge in [0.15, 0.2) is 5.78 Å². The molecular weight excluding hydrogens is 318 g/mol. The molecule has 130 valence electrons. The summed E-state index contributed by atoms with van der Waals surface area (Å²) in [5, 5.41) is 3.12. The number of aromatic nitrogens is 1. The maximum absolute atomic E-state index is 13.5. The van der Waals surface area contributed by atoms with Crippen molar-refractivity contribution in [2.45, 2.75) is 32.7 Å². The van der Waals surface area contributed by atoms with Gasteiger partial charge >= 0.3 is 0 Å². The number of benzene rings is 3. The number of fused-ring (bicyclic) bond motifs is 2. The molecule has 0 saturated heterocycles. The largest absolute Gasteiger partial charge is 0.341 e. The van der Waals surface area contributed by atoms with Gasteiger partial charge in [-0.1, -0.05) is 67.6 Å². The van der Waals surface area contributed by atoms with E-state index in [0.29, 0.717) is 0 Å². The second-order valence-corrected chi connectivity index (χ2v) is 7.45. The fraction of sp³-hybridized carbons (Fsp3) is 0.208. The van der Waals surface area contributed by atoms with Gasteiger partial charge in [-0.3, -0.25) is 4.79 Å². The Balaban J connectivity index is 1.96. The Morgan fingerprint density at radius 2 is 1.50 bits per heavy atom. The molecule has 0 atom stereocenters. The van der Waals surface area contributed by atoms with Crippen LogP contribution in [0.15, 0.2) is 72.9 Å². The highest BCUT2D eigenvalue weighted by atomic mass is 16.1. The molecule has 0 N–H and O–H groups in total. The predicted molar refractivity (Wildman–Crippen MR) is 109 cm³/mol. The van der Waals surface area contributed by atoms with Gasteiger partial charge in [0.1, 0.15) is 0 Å². The van der Waals surface area contributed by atoms with E-state index in [2.05, 4.69) is 49.6 Å². The Hall–Kier alpha value is -2.87. The van der Waals surface area contributed by atoms with E-state index in [1.807, 2.05) is 48.7 Å². The monoisotopic (exact) mass is 341 g/mol. The summed E-state index contributed by atoms with van der Waals surface area (Å²) in [6.07, 6.45) is 3.03. The zero-order valence-electron chi connectivity index (χ0n) is 15.5. The number of para-hydroxylation sites is 1. The minimum Gasteiger partial charge on any atom is -0.341 e. The van der Waals surface area contributed by atoms with Gasteiger partial charge in [0.2, 0.25) is 0 Å². The molecular formula is C24H23NO. The molecule has 3 aromatic carbocycles. The third-order valence-electron chi connectivity index (χ3n) is 5.51. The summed E-state index contributed by atoms with van der Waals surface area (Å²) in [4.78, 5) is 13.5. The van der Waals surface area contributed by atoms with Crippen molar-refractivity contribution in [1.82, 2.24) is 4.57 Å². The Morgan fingerprint density at radius 3 is 2.27 bits per heavy atom. The van der Waals surface area contributed by atoms with Gasteiger partial charge in [-0.05, 0) is 37.1 Å². The third-order valence-corrected chi connectivity index (χ3v) is 5.51. The van der Waals surface area contributed by atoms with Gasteiger partial charge in [-0.25, -0.2) is 0 Å². The van der Waals surface area contributed by atoms with Crippen LogP contribution in [0.25, 0.3) is 21.7 Å². The van der Waals surface area contributed by atoms with Crippen LogP contribution in [0.5, 0.6) is 0 Å². The highest BCUT2D eigenvalue weighted by Gasteiger charge is 2.24. The van der Waals surface area contributed by atoms with Crippen LogP contribution in [-0.2, 0) is 5.54 Å². The van der Waals surface area contributed by atoms with Crippen molar-refractivity contribution in [1.29, 1.82) is 0 Å². The zero-order chi connectivity index (χ0) is 18.3. The average Bonchev–Trinajstić information content (AvgIpc) is 3.07. The Bertz CT molecular complexity index is 1110. The normalized spacial score (nSPS) is 12.0. The molecule has 0 amide bonds. The Morgan fingerprint density at radius 1 is 0.846 bits per heavy atom. The quantitative estimate of drug-likeness (QED) is 0.407. The van der Waals surface area contributed by atoms with Crippen molar-refractivity contribution in [3.05, 3.63) is 84.1 Å². The van der Waals surface area contributed by atoms with E-state index in [0.717, 1.165) is 39.2 Å². The van der Waals surface area contributed by atoms with Gasteiger partial charge in [0.25, 0.3) is 0 Å². The third kappa shape index (κ3) is 2.53. The first-order chi connectivity index (χ1) is 12.5. The van der Waals surface area contributed by atoms with Crippen LogP contribution in [0, 0.1) is 0 Å². The number of carbonyl (C=O) groups is 1. The number of hydrogen-bond acceptors (Lipinski definition) is 1. The van der Waals surface area contributed by atoms with Crippen molar-refractivity contribution in [2.75, 3.05) is 0 Å². The molecule has 0 saturated carbocycles. The van der Waals surface area contributed by atoms with Crippen LogP contribution < -0.4 is 0 Å². The summed E-state index contributed by atoms with van der Waals surface area (Å²) in [5.74, 6) is 0.0867. The second-order valence-electron chi connectivity index (χ2n) is 7.45. The smallest absolute Gasteiger partial charge is 0.195 e. The molecule has 0 spiro atoms. The molecule has 0 aliphatic heterocycles. The van der Waals surface area contributed by atoms with Crippen molar-refractivity contribution in [3.8, 4) is 0 Å². The van der Waals surface area contributed by atoms with Gasteiger partial charge < -0.3 is 4.57 Å². The summed E-state index contributed by atoms with van der Waals surface area (Å²) in [5.41, 5.74) is 2.61. The van der Waals surface area contributed by atoms with Crippen molar-refractivity contribution < 1.29 is 4.79 Å². The number of carbonyl (C=O) groups excluding carboxylic acids is 1. The second kappa shape index (κ2) is 6.14. The molecule has 2 nitrogen and oxygen atoms in total. The molecule has 0 bridgehead atoms. The first-order valence-corrected chi connectivity index (χ1v) is 9.16. The van der Waals surface area contributed by atoms with Gasteiger partial charge in [0, 0.05) is 33.8 Å². The van der Waals surface area contributed by atoms with Crippen LogP contribution >= 0.6 is 0 Å². The van der Waals surface area contributed by atoms with E-state index >= 15 is 0 Å². The van der Waals surface area contributed by atoms with Crippen molar-refractivity contribution >= 4 is 27.5 Å². The molecule has 0 unspecified atom stereocenters.